The third kappa shape index (κ3) is 2.83. The molecular formula is C14H21NO. The minimum atomic E-state index is -0.616. The molecule has 0 unspecified atom stereocenters. The van der Waals surface area contributed by atoms with E-state index >= 15 is 0 Å². The van der Waals surface area contributed by atoms with E-state index in [0.29, 0.717) is 0 Å². The first kappa shape index (κ1) is 11.6. The van der Waals surface area contributed by atoms with Crippen LogP contribution in [0.1, 0.15) is 30.5 Å². The van der Waals surface area contributed by atoms with E-state index in [1.54, 1.807) is 0 Å². The number of fused-ring (bicyclic) bond motifs is 1. The second-order valence-electron chi connectivity index (χ2n) is 5.58. The van der Waals surface area contributed by atoms with Crippen molar-refractivity contribution in [2.24, 2.45) is 0 Å². The smallest absolute Gasteiger partial charge is 0.0631 e. The predicted molar refractivity (Wildman–Crippen MR) is 66.5 cm³/mol. The van der Waals surface area contributed by atoms with Crippen molar-refractivity contribution in [3.8, 4) is 0 Å². The van der Waals surface area contributed by atoms with Gasteiger partial charge in [0.05, 0.1) is 5.60 Å². The van der Waals surface area contributed by atoms with Crippen molar-refractivity contribution in [2.75, 3.05) is 13.6 Å². The average Bonchev–Trinajstić information content (AvgIpc) is 2.14. The Morgan fingerprint density at radius 2 is 2.06 bits per heavy atom. The number of aliphatic hydroxyl groups is 1. The second kappa shape index (κ2) is 4.19. The fourth-order valence-corrected chi connectivity index (χ4v) is 2.36. The highest BCUT2D eigenvalue weighted by Gasteiger charge is 2.17. The van der Waals surface area contributed by atoms with Gasteiger partial charge in [-0.3, -0.25) is 0 Å². The zero-order valence-electron chi connectivity index (χ0n) is 10.5. The molecular weight excluding hydrogens is 198 g/mol. The Hall–Kier alpha value is -0.860. The second-order valence-corrected chi connectivity index (χ2v) is 5.58. The number of benzene rings is 1. The summed E-state index contributed by atoms with van der Waals surface area (Å²) < 4.78 is 0. The molecule has 0 bridgehead atoms. The van der Waals surface area contributed by atoms with E-state index in [1.165, 1.54) is 16.7 Å². The Labute approximate surface area is 97.9 Å². The fourth-order valence-electron chi connectivity index (χ4n) is 2.36. The maximum Gasteiger partial charge on any atom is 0.0631 e. The molecule has 16 heavy (non-hydrogen) atoms. The highest BCUT2D eigenvalue weighted by molar-refractivity contribution is 5.34. The van der Waals surface area contributed by atoms with Gasteiger partial charge in [0, 0.05) is 19.5 Å². The number of likely N-dealkylation sites (N-methyl/N-ethyl adjacent to an activating group) is 1. The van der Waals surface area contributed by atoms with Gasteiger partial charge in [0.2, 0.25) is 0 Å². The van der Waals surface area contributed by atoms with Gasteiger partial charge in [-0.05, 0) is 44.0 Å². The lowest BCUT2D eigenvalue weighted by Crippen LogP contribution is -2.27. The molecule has 1 N–H and O–H groups in total. The van der Waals surface area contributed by atoms with E-state index in [9.17, 15) is 5.11 Å². The summed E-state index contributed by atoms with van der Waals surface area (Å²) in [7, 11) is 2.16. The monoisotopic (exact) mass is 219 g/mol. The van der Waals surface area contributed by atoms with Crippen LogP contribution in [0.2, 0.25) is 0 Å². The highest BCUT2D eigenvalue weighted by Crippen LogP contribution is 2.21. The van der Waals surface area contributed by atoms with Gasteiger partial charge in [0.1, 0.15) is 0 Å². The minimum absolute atomic E-state index is 0.616. The van der Waals surface area contributed by atoms with Crippen LogP contribution in [0.4, 0.5) is 0 Å². The Kier molecular flexibility index (Phi) is 3.04. The summed E-state index contributed by atoms with van der Waals surface area (Å²) in [4.78, 5) is 2.34. The van der Waals surface area contributed by atoms with Crippen LogP contribution in [0, 0.1) is 0 Å². The fraction of sp³-hybridized carbons (Fsp3) is 0.571. The summed E-state index contributed by atoms with van der Waals surface area (Å²) in [6.07, 6.45) is 1.87. The lowest BCUT2D eigenvalue weighted by atomic mass is 9.93. The molecule has 0 amide bonds. The van der Waals surface area contributed by atoms with Crippen molar-refractivity contribution < 1.29 is 5.11 Å². The number of rotatable bonds is 2. The van der Waals surface area contributed by atoms with E-state index in [1.807, 2.05) is 13.8 Å². The maximum atomic E-state index is 9.82. The van der Waals surface area contributed by atoms with Crippen LogP contribution < -0.4 is 0 Å². The van der Waals surface area contributed by atoms with E-state index in [-0.39, 0.29) is 0 Å². The van der Waals surface area contributed by atoms with Gasteiger partial charge in [0.15, 0.2) is 0 Å². The maximum absolute atomic E-state index is 9.82. The molecule has 1 aromatic rings. The van der Waals surface area contributed by atoms with Crippen molar-refractivity contribution in [3.63, 3.8) is 0 Å². The van der Waals surface area contributed by atoms with Gasteiger partial charge < -0.3 is 10.0 Å². The molecule has 0 saturated heterocycles. The lowest BCUT2D eigenvalue weighted by molar-refractivity contribution is 0.0809. The van der Waals surface area contributed by atoms with Gasteiger partial charge in [0.25, 0.3) is 0 Å². The van der Waals surface area contributed by atoms with Crippen molar-refractivity contribution in [3.05, 3.63) is 34.9 Å². The van der Waals surface area contributed by atoms with E-state index < -0.39 is 5.60 Å². The van der Waals surface area contributed by atoms with Crippen molar-refractivity contribution in [1.29, 1.82) is 0 Å². The molecule has 0 atom stereocenters. The van der Waals surface area contributed by atoms with Crippen molar-refractivity contribution in [1.82, 2.24) is 4.90 Å². The summed E-state index contributed by atoms with van der Waals surface area (Å²) >= 11 is 0. The topological polar surface area (TPSA) is 23.5 Å². The molecule has 0 fully saturated rings. The lowest BCUT2D eigenvalue weighted by Gasteiger charge is -2.26. The van der Waals surface area contributed by atoms with Gasteiger partial charge in [-0.25, -0.2) is 0 Å². The SMILES string of the molecule is CN1CCc2ccc(CC(C)(C)O)cc2C1. The molecule has 2 nitrogen and oxygen atoms in total. The molecule has 0 aliphatic carbocycles. The van der Waals surface area contributed by atoms with Gasteiger partial charge in [-0.15, -0.1) is 0 Å². The van der Waals surface area contributed by atoms with E-state index in [4.69, 9.17) is 0 Å². The molecule has 2 heteroatoms. The summed E-state index contributed by atoms with van der Waals surface area (Å²) in [6.45, 7) is 5.91. The van der Waals surface area contributed by atoms with Crippen LogP contribution in [0.3, 0.4) is 0 Å². The molecule has 1 aliphatic rings. The predicted octanol–water partition coefficient (Wildman–Crippen LogP) is 1.99. The van der Waals surface area contributed by atoms with Gasteiger partial charge in [-0.2, -0.15) is 0 Å². The zero-order valence-corrected chi connectivity index (χ0v) is 10.5. The first-order chi connectivity index (χ1) is 7.44. The van der Waals surface area contributed by atoms with Crippen molar-refractivity contribution >= 4 is 0 Å². The Morgan fingerprint density at radius 3 is 2.75 bits per heavy atom. The number of hydrogen-bond acceptors (Lipinski definition) is 2. The molecule has 2 rings (SSSR count). The summed E-state index contributed by atoms with van der Waals surface area (Å²) in [5.41, 5.74) is 3.52. The van der Waals surface area contributed by atoms with Crippen LogP contribution in [0.25, 0.3) is 0 Å². The molecule has 1 aliphatic heterocycles. The Morgan fingerprint density at radius 1 is 1.31 bits per heavy atom. The van der Waals surface area contributed by atoms with E-state index in [0.717, 1.165) is 25.9 Å². The first-order valence-corrected chi connectivity index (χ1v) is 5.96. The third-order valence-corrected chi connectivity index (χ3v) is 3.11. The first-order valence-electron chi connectivity index (χ1n) is 5.96. The number of nitrogens with zero attached hydrogens (tertiary/aromatic N) is 1. The molecule has 1 aromatic carbocycles. The number of hydrogen-bond donors (Lipinski definition) is 1. The summed E-state index contributed by atoms with van der Waals surface area (Å²) in [5, 5.41) is 9.82. The largest absolute Gasteiger partial charge is 0.390 e. The molecule has 1 heterocycles. The average molecular weight is 219 g/mol. The standard InChI is InChI=1S/C14H21NO/c1-14(2,16)9-11-4-5-12-6-7-15(3)10-13(12)8-11/h4-5,8,16H,6-7,9-10H2,1-3H3. The normalized spacial score (nSPS) is 17.2. The Bertz CT molecular complexity index is 379. The molecule has 0 radical (unpaired) electrons. The molecule has 0 aromatic heterocycles. The van der Waals surface area contributed by atoms with E-state index in [2.05, 4.69) is 30.1 Å². The Balaban J connectivity index is 2.21. The summed E-state index contributed by atoms with van der Waals surface area (Å²) in [6, 6.07) is 6.63. The van der Waals surface area contributed by atoms with Gasteiger partial charge in [-0.1, -0.05) is 18.2 Å². The van der Waals surface area contributed by atoms with Crippen LogP contribution in [0.15, 0.2) is 18.2 Å². The zero-order chi connectivity index (χ0) is 11.8. The third-order valence-electron chi connectivity index (χ3n) is 3.11. The van der Waals surface area contributed by atoms with Gasteiger partial charge >= 0.3 is 0 Å². The molecule has 0 spiro atoms. The van der Waals surface area contributed by atoms with Crippen LogP contribution >= 0.6 is 0 Å². The highest BCUT2D eigenvalue weighted by atomic mass is 16.3. The molecule has 88 valence electrons. The minimum Gasteiger partial charge on any atom is -0.390 e. The van der Waals surface area contributed by atoms with Crippen LogP contribution in [-0.4, -0.2) is 29.2 Å². The van der Waals surface area contributed by atoms with Crippen LogP contribution in [-0.2, 0) is 19.4 Å². The van der Waals surface area contributed by atoms with Crippen LogP contribution in [0.5, 0.6) is 0 Å². The van der Waals surface area contributed by atoms with Crippen molar-refractivity contribution in [2.45, 2.75) is 38.8 Å². The molecule has 0 saturated carbocycles. The quantitative estimate of drug-likeness (QED) is 0.822. The summed E-state index contributed by atoms with van der Waals surface area (Å²) in [5.74, 6) is 0.